The van der Waals surface area contributed by atoms with Gasteiger partial charge in [-0.1, -0.05) is 30.1 Å². The predicted molar refractivity (Wildman–Crippen MR) is 74.0 cm³/mol. The van der Waals surface area contributed by atoms with Gasteiger partial charge in [0.2, 0.25) is 5.95 Å². The first-order valence-corrected chi connectivity index (χ1v) is 6.16. The van der Waals surface area contributed by atoms with Crippen LogP contribution in [0.4, 0.5) is 11.6 Å². The molecule has 0 aliphatic heterocycles. The van der Waals surface area contributed by atoms with Crippen LogP contribution in [0.15, 0.2) is 29.1 Å². The average Bonchev–Trinajstić information content (AvgIpc) is 2.33. The lowest BCUT2D eigenvalue weighted by Crippen LogP contribution is -2.11. The molecule has 2 aromatic rings. The topological polar surface area (TPSA) is 57.8 Å². The molecule has 0 fully saturated rings. The Labute approximate surface area is 114 Å². The SMILES string of the molecule is CCc1cc(=O)[nH]c(Nc2ccc(Cl)c(Cl)c2)n1. The molecule has 0 amide bonds. The monoisotopic (exact) mass is 283 g/mol. The number of benzene rings is 1. The maximum atomic E-state index is 11.4. The van der Waals surface area contributed by atoms with Crippen molar-refractivity contribution in [3.63, 3.8) is 0 Å². The molecule has 0 atom stereocenters. The summed E-state index contributed by atoms with van der Waals surface area (Å²) in [6.45, 7) is 1.94. The summed E-state index contributed by atoms with van der Waals surface area (Å²) in [6.07, 6.45) is 0.694. The number of rotatable bonds is 3. The zero-order chi connectivity index (χ0) is 13.1. The number of hydrogen-bond acceptors (Lipinski definition) is 3. The quantitative estimate of drug-likeness (QED) is 0.908. The molecule has 4 nitrogen and oxygen atoms in total. The lowest BCUT2D eigenvalue weighted by atomic mass is 10.3. The Morgan fingerprint density at radius 2 is 2.06 bits per heavy atom. The first-order chi connectivity index (χ1) is 8.58. The van der Waals surface area contributed by atoms with Crippen molar-refractivity contribution in [1.82, 2.24) is 9.97 Å². The second-order valence-electron chi connectivity index (χ2n) is 3.69. The molecule has 1 aromatic heterocycles. The van der Waals surface area contributed by atoms with E-state index < -0.39 is 0 Å². The van der Waals surface area contributed by atoms with Crippen LogP contribution in [-0.4, -0.2) is 9.97 Å². The number of nitrogens with one attached hydrogen (secondary N) is 2. The number of anilines is 2. The smallest absolute Gasteiger partial charge is 0.252 e. The molecular formula is C12H11Cl2N3O. The lowest BCUT2D eigenvalue weighted by Gasteiger charge is -2.07. The summed E-state index contributed by atoms with van der Waals surface area (Å²) in [5.41, 5.74) is 1.24. The number of aromatic amines is 1. The molecule has 0 aliphatic carbocycles. The van der Waals surface area contributed by atoms with Crippen LogP contribution >= 0.6 is 23.2 Å². The molecule has 18 heavy (non-hydrogen) atoms. The molecule has 94 valence electrons. The highest BCUT2D eigenvalue weighted by atomic mass is 35.5. The predicted octanol–water partition coefficient (Wildman–Crippen LogP) is 3.38. The van der Waals surface area contributed by atoms with E-state index in [1.807, 2.05) is 6.92 Å². The van der Waals surface area contributed by atoms with Gasteiger partial charge in [0.25, 0.3) is 5.56 Å². The first-order valence-electron chi connectivity index (χ1n) is 5.41. The summed E-state index contributed by atoms with van der Waals surface area (Å²) in [5, 5.41) is 3.90. The van der Waals surface area contributed by atoms with E-state index >= 15 is 0 Å². The van der Waals surface area contributed by atoms with Crippen molar-refractivity contribution in [3.05, 3.63) is 50.4 Å². The van der Waals surface area contributed by atoms with Crippen molar-refractivity contribution in [2.24, 2.45) is 0 Å². The highest BCUT2D eigenvalue weighted by Crippen LogP contribution is 2.25. The third-order valence-corrected chi connectivity index (χ3v) is 3.08. The van der Waals surface area contributed by atoms with E-state index in [0.717, 1.165) is 5.69 Å². The van der Waals surface area contributed by atoms with E-state index in [1.54, 1.807) is 18.2 Å². The summed E-state index contributed by atoms with van der Waals surface area (Å²) in [7, 11) is 0. The Bertz CT molecular complexity index is 625. The van der Waals surface area contributed by atoms with Crippen molar-refractivity contribution < 1.29 is 0 Å². The van der Waals surface area contributed by atoms with Gasteiger partial charge in [0, 0.05) is 17.4 Å². The van der Waals surface area contributed by atoms with Crippen LogP contribution in [0.2, 0.25) is 10.0 Å². The Kier molecular flexibility index (Phi) is 3.89. The highest BCUT2D eigenvalue weighted by Gasteiger charge is 2.03. The molecule has 6 heteroatoms. The van der Waals surface area contributed by atoms with Gasteiger partial charge in [-0.25, -0.2) is 4.98 Å². The van der Waals surface area contributed by atoms with Gasteiger partial charge in [-0.2, -0.15) is 0 Å². The standard InChI is InChI=1S/C12H11Cl2N3O/c1-2-7-6-11(18)17-12(15-7)16-8-3-4-9(13)10(14)5-8/h3-6H,2H2,1H3,(H2,15,16,17,18). The molecule has 1 aromatic carbocycles. The zero-order valence-electron chi connectivity index (χ0n) is 9.63. The molecule has 0 unspecified atom stereocenters. The summed E-state index contributed by atoms with van der Waals surface area (Å²) in [6, 6.07) is 6.57. The van der Waals surface area contributed by atoms with Crippen molar-refractivity contribution in [1.29, 1.82) is 0 Å². The van der Waals surface area contributed by atoms with Crippen LogP contribution in [-0.2, 0) is 6.42 Å². The van der Waals surface area contributed by atoms with Gasteiger partial charge < -0.3 is 5.32 Å². The Hall–Kier alpha value is -1.52. The number of hydrogen-bond donors (Lipinski definition) is 2. The third kappa shape index (κ3) is 3.03. The molecule has 0 aliphatic rings. The molecule has 0 saturated heterocycles. The zero-order valence-corrected chi connectivity index (χ0v) is 11.1. The largest absolute Gasteiger partial charge is 0.326 e. The van der Waals surface area contributed by atoms with Crippen molar-refractivity contribution in [2.75, 3.05) is 5.32 Å². The van der Waals surface area contributed by atoms with Crippen LogP contribution in [0.3, 0.4) is 0 Å². The minimum atomic E-state index is -0.190. The van der Waals surface area contributed by atoms with Crippen LogP contribution in [0.5, 0.6) is 0 Å². The minimum Gasteiger partial charge on any atom is -0.326 e. The first kappa shape index (κ1) is 12.9. The normalized spacial score (nSPS) is 10.4. The lowest BCUT2D eigenvalue weighted by molar-refractivity contribution is 0.986. The molecule has 0 saturated carbocycles. The van der Waals surface area contributed by atoms with Crippen molar-refractivity contribution in [3.8, 4) is 0 Å². The van der Waals surface area contributed by atoms with Crippen LogP contribution in [0.1, 0.15) is 12.6 Å². The molecule has 2 rings (SSSR count). The molecule has 2 N–H and O–H groups in total. The van der Waals surface area contributed by atoms with E-state index in [4.69, 9.17) is 23.2 Å². The molecule has 0 radical (unpaired) electrons. The van der Waals surface area contributed by atoms with E-state index in [-0.39, 0.29) is 5.56 Å². The Balaban J connectivity index is 2.30. The van der Waals surface area contributed by atoms with E-state index in [1.165, 1.54) is 6.07 Å². The summed E-state index contributed by atoms with van der Waals surface area (Å²) in [4.78, 5) is 18.3. The average molecular weight is 284 g/mol. The van der Waals surface area contributed by atoms with E-state index in [0.29, 0.717) is 28.1 Å². The summed E-state index contributed by atoms with van der Waals surface area (Å²) >= 11 is 11.7. The van der Waals surface area contributed by atoms with Crippen LogP contribution in [0, 0.1) is 0 Å². The van der Waals surface area contributed by atoms with Gasteiger partial charge in [0.1, 0.15) is 0 Å². The molecular weight excluding hydrogens is 273 g/mol. The minimum absolute atomic E-state index is 0.190. The van der Waals surface area contributed by atoms with Gasteiger partial charge in [-0.05, 0) is 24.6 Å². The van der Waals surface area contributed by atoms with Crippen LogP contribution < -0.4 is 10.9 Å². The van der Waals surface area contributed by atoms with Crippen molar-refractivity contribution >= 4 is 34.8 Å². The Morgan fingerprint density at radius 1 is 1.28 bits per heavy atom. The number of nitrogens with zero attached hydrogens (tertiary/aromatic N) is 1. The number of aromatic nitrogens is 2. The maximum Gasteiger partial charge on any atom is 0.252 e. The second-order valence-corrected chi connectivity index (χ2v) is 4.51. The molecule has 0 bridgehead atoms. The summed E-state index contributed by atoms with van der Waals surface area (Å²) < 4.78 is 0. The van der Waals surface area contributed by atoms with E-state index in [9.17, 15) is 4.79 Å². The number of H-pyrrole nitrogens is 1. The van der Waals surface area contributed by atoms with Gasteiger partial charge in [-0.3, -0.25) is 9.78 Å². The van der Waals surface area contributed by atoms with Gasteiger partial charge in [0.15, 0.2) is 0 Å². The van der Waals surface area contributed by atoms with E-state index in [2.05, 4.69) is 15.3 Å². The number of aryl methyl sites for hydroxylation is 1. The fourth-order valence-corrected chi connectivity index (χ4v) is 1.76. The fourth-order valence-electron chi connectivity index (χ4n) is 1.46. The van der Waals surface area contributed by atoms with Gasteiger partial charge >= 0.3 is 0 Å². The summed E-state index contributed by atoms with van der Waals surface area (Å²) in [5.74, 6) is 0.387. The maximum absolute atomic E-state index is 11.4. The second kappa shape index (κ2) is 5.42. The van der Waals surface area contributed by atoms with Crippen molar-refractivity contribution in [2.45, 2.75) is 13.3 Å². The highest BCUT2D eigenvalue weighted by molar-refractivity contribution is 6.42. The van der Waals surface area contributed by atoms with Gasteiger partial charge in [0.05, 0.1) is 10.0 Å². The third-order valence-electron chi connectivity index (χ3n) is 2.34. The fraction of sp³-hybridized carbons (Fsp3) is 0.167. The number of halogens is 2. The molecule has 1 heterocycles. The van der Waals surface area contributed by atoms with Crippen LogP contribution in [0.25, 0.3) is 0 Å². The Morgan fingerprint density at radius 3 is 2.72 bits per heavy atom. The molecule has 0 spiro atoms. The van der Waals surface area contributed by atoms with Gasteiger partial charge in [-0.15, -0.1) is 0 Å².